The van der Waals surface area contributed by atoms with Crippen LogP contribution in [0.1, 0.15) is 10.5 Å². The SMILES string of the molecule is COC(=O)c1ncc(Br)cc1N(C)c1ccc(OC)cc1. The lowest BCUT2D eigenvalue weighted by Gasteiger charge is -2.21. The summed E-state index contributed by atoms with van der Waals surface area (Å²) in [4.78, 5) is 17.8. The number of hydrogen-bond acceptors (Lipinski definition) is 5. The van der Waals surface area contributed by atoms with Crippen molar-refractivity contribution in [3.05, 3.63) is 46.7 Å². The highest BCUT2D eigenvalue weighted by Crippen LogP contribution is 2.30. The quantitative estimate of drug-likeness (QED) is 0.791. The third-order valence-corrected chi connectivity index (χ3v) is 3.47. The molecule has 0 amide bonds. The molecule has 1 aromatic heterocycles. The number of hydrogen-bond donors (Lipinski definition) is 0. The molecule has 0 atom stereocenters. The van der Waals surface area contributed by atoms with Gasteiger partial charge in [-0.1, -0.05) is 0 Å². The number of pyridine rings is 1. The normalized spacial score (nSPS) is 10.1. The molecule has 2 aromatic rings. The van der Waals surface area contributed by atoms with Gasteiger partial charge in [0.05, 0.1) is 19.9 Å². The Morgan fingerprint density at radius 3 is 2.48 bits per heavy atom. The van der Waals surface area contributed by atoms with Crippen LogP contribution in [-0.4, -0.2) is 32.2 Å². The van der Waals surface area contributed by atoms with Crippen LogP contribution in [0.25, 0.3) is 0 Å². The largest absolute Gasteiger partial charge is 0.497 e. The Hall–Kier alpha value is -2.08. The molecule has 1 aromatic carbocycles. The summed E-state index contributed by atoms with van der Waals surface area (Å²) in [5.41, 5.74) is 1.82. The van der Waals surface area contributed by atoms with E-state index in [1.54, 1.807) is 13.3 Å². The highest BCUT2D eigenvalue weighted by molar-refractivity contribution is 9.10. The number of methoxy groups -OCH3 is 2. The summed E-state index contributed by atoms with van der Waals surface area (Å²) in [6, 6.07) is 9.34. The third kappa shape index (κ3) is 3.33. The van der Waals surface area contributed by atoms with Crippen molar-refractivity contribution in [1.29, 1.82) is 0 Å². The molecule has 2 rings (SSSR count). The van der Waals surface area contributed by atoms with Gasteiger partial charge in [-0.2, -0.15) is 0 Å². The number of benzene rings is 1. The van der Waals surface area contributed by atoms with E-state index in [1.165, 1.54) is 7.11 Å². The molecule has 0 fully saturated rings. The predicted octanol–water partition coefficient (Wildman–Crippen LogP) is 3.41. The van der Waals surface area contributed by atoms with Gasteiger partial charge in [-0.15, -0.1) is 0 Å². The topological polar surface area (TPSA) is 51.7 Å². The molecule has 0 saturated carbocycles. The number of aromatic nitrogens is 1. The lowest BCUT2D eigenvalue weighted by Crippen LogP contribution is -2.16. The minimum Gasteiger partial charge on any atom is -0.497 e. The molecule has 110 valence electrons. The summed E-state index contributed by atoms with van der Waals surface area (Å²) in [7, 11) is 4.81. The van der Waals surface area contributed by atoms with Gasteiger partial charge in [-0.3, -0.25) is 0 Å². The van der Waals surface area contributed by atoms with Crippen molar-refractivity contribution in [3.63, 3.8) is 0 Å². The molecule has 1 heterocycles. The van der Waals surface area contributed by atoms with E-state index in [0.717, 1.165) is 15.9 Å². The lowest BCUT2D eigenvalue weighted by atomic mass is 10.2. The smallest absolute Gasteiger partial charge is 0.358 e. The molecule has 0 N–H and O–H groups in total. The standard InChI is InChI=1S/C15H15BrN2O3/c1-18(11-4-6-12(20-2)7-5-11)13-8-10(16)9-17-14(13)15(19)21-3/h4-9H,1-3H3. The third-order valence-electron chi connectivity index (χ3n) is 3.03. The number of carbonyl (C=O) groups excluding carboxylic acids is 1. The van der Waals surface area contributed by atoms with Crippen LogP contribution in [0, 0.1) is 0 Å². The van der Waals surface area contributed by atoms with Crippen molar-refractivity contribution in [1.82, 2.24) is 4.98 Å². The highest BCUT2D eigenvalue weighted by atomic mass is 79.9. The number of carbonyl (C=O) groups is 1. The first-order valence-electron chi connectivity index (χ1n) is 6.18. The molecule has 0 spiro atoms. The molecule has 0 bridgehead atoms. The van der Waals surface area contributed by atoms with E-state index < -0.39 is 5.97 Å². The van der Waals surface area contributed by atoms with Crippen LogP contribution in [-0.2, 0) is 4.74 Å². The predicted molar refractivity (Wildman–Crippen MR) is 84.3 cm³/mol. The van der Waals surface area contributed by atoms with Crippen LogP contribution in [0.2, 0.25) is 0 Å². The fraction of sp³-hybridized carbons (Fsp3) is 0.200. The maximum atomic E-state index is 11.8. The Morgan fingerprint density at radius 2 is 1.90 bits per heavy atom. The average molecular weight is 351 g/mol. The molecule has 5 nitrogen and oxygen atoms in total. The molecular formula is C15H15BrN2O3. The molecule has 21 heavy (non-hydrogen) atoms. The molecule has 0 saturated heterocycles. The van der Waals surface area contributed by atoms with Gasteiger partial charge in [-0.25, -0.2) is 9.78 Å². The van der Waals surface area contributed by atoms with E-state index in [1.807, 2.05) is 42.3 Å². The zero-order chi connectivity index (χ0) is 15.4. The summed E-state index contributed by atoms with van der Waals surface area (Å²) >= 11 is 3.37. The molecule has 0 unspecified atom stereocenters. The Balaban J connectivity index is 2.43. The van der Waals surface area contributed by atoms with Crippen LogP contribution in [0.3, 0.4) is 0 Å². The van der Waals surface area contributed by atoms with Gasteiger partial charge in [0.1, 0.15) is 5.75 Å². The van der Waals surface area contributed by atoms with Gasteiger partial charge >= 0.3 is 5.97 Å². The van der Waals surface area contributed by atoms with Crippen molar-refractivity contribution in [3.8, 4) is 5.75 Å². The van der Waals surface area contributed by atoms with E-state index in [2.05, 4.69) is 20.9 Å². The Bertz CT molecular complexity index is 644. The van der Waals surface area contributed by atoms with Gasteiger partial charge < -0.3 is 14.4 Å². The molecule has 0 aliphatic carbocycles. The molecule has 6 heteroatoms. The first-order chi connectivity index (χ1) is 10.1. The number of nitrogens with zero attached hydrogens (tertiary/aromatic N) is 2. The van der Waals surface area contributed by atoms with E-state index in [4.69, 9.17) is 9.47 Å². The van der Waals surface area contributed by atoms with Gasteiger partial charge in [0.2, 0.25) is 0 Å². The molecule has 0 aliphatic rings. The van der Waals surface area contributed by atoms with E-state index in [0.29, 0.717) is 5.69 Å². The first-order valence-corrected chi connectivity index (χ1v) is 6.97. The first kappa shape index (κ1) is 15.3. The van der Waals surface area contributed by atoms with Crippen LogP contribution >= 0.6 is 15.9 Å². The molecular weight excluding hydrogens is 336 g/mol. The Labute approximate surface area is 131 Å². The number of esters is 1. The van der Waals surface area contributed by atoms with E-state index in [-0.39, 0.29) is 5.69 Å². The van der Waals surface area contributed by atoms with Crippen LogP contribution < -0.4 is 9.64 Å². The molecule has 0 aliphatic heterocycles. The van der Waals surface area contributed by atoms with Gasteiger partial charge in [0.15, 0.2) is 5.69 Å². The number of anilines is 2. The summed E-state index contributed by atoms with van der Waals surface area (Å²) in [6.45, 7) is 0. The van der Waals surface area contributed by atoms with E-state index in [9.17, 15) is 4.79 Å². The van der Waals surface area contributed by atoms with Crippen molar-refractivity contribution in [2.45, 2.75) is 0 Å². The van der Waals surface area contributed by atoms with Crippen molar-refractivity contribution in [2.24, 2.45) is 0 Å². The van der Waals surface area contributed by atoms with Crippen LogP contribution in [0.15, 0.2) is 41.0 Å². The Kier molecular flexibility index (Phi) is 4.80. The summed E-state index contributed by atoms with van der Waals surface area (Å²) < 4.78 is 10.7. The highest BCUT2D eigenvalue weighted by Gasteiger charge is 2.18. The summed E-state index contributed by atoms with van der Waals surface area (Å²) in [5.74, 6) is 0.297. The van der Waals surface area contributed by atoms with Crippen LogP contribution in [0.4, 0.5) is 11.4 Å². The van der Waals surface area contributed by atoms with Crippen molar-refractivity contribution < 1.29 is 14.3 Å². The minimum absolute atomic E-state index is 0.263. The van der Waals surface area contributed by atoms with Crippen molar-refractivity contribution >= 4 is 33.3 Å². The molecule has 0 radical (unpaired) electrons. The summed E-state index contributed by atoms with van der Waals surface area (Å²) in [5, 5.41) is 0. The van der Waals surface area contributed by atoms with Crippen LogP contribution in [0.5, 0.6) is 5.75 Å². The second kappa shape index (κ2) is 6.58. The second-order valence-corrected chi connectivity index (χ2v) is 5.19. The lowest BCUT2D eigenvalue weighted by molar-refractivity contribution is 0.0595. The van der Waals surface area contributed by atoms with Gasteiger partial charge in [0.25, 0.3) is 0 Å². The van der Waals surface area contributed by atoms with Gasteiger partial charge in [0, 0.05) is 23.4 Å². The average Bonchev–Trinajstić information content (AvgIpc) is 2.53. The maximum absolute atomic E-state index is 11.8. The fourth-order valence-corrected chi connectivity index (χ4v) is 2.20. The van der Waals surface area contributed by atoms with Gasteiger partial charge in [-0.05, 0) is 46.3 Å². The zero-order valence-electron chi connectivity index (χ0n) is 12.0. The number of ether oxygens (including phenoxy) is 2. The van der Waals surface area contributed by atoms with E-state index >= 15 is 0 Å². The number of halogens is 1. The minimum atomic E-state index is -0.474. The monoisotopic (exact) mass is 350 g/mol. The zero-order valence-corrected chi connectivity index (χ0v) is 13.5. The summed E-state index contributed by atoms with van der Waals surface area (Å²) in [6.07, 6.45) is 1.57. The second-order valence-electron chi connectivity index (χ2n) is 4.27. The fourth-order valence-electron chi connectivity index (χ4n) is 1.88. The maximum Gasteiger partial charge on any atom is 0.358 e. The van der Waals surface area contributed by atoms with Crippen molar-refractivity contribution in [2.75, 3.05) is 26.2 Å². The number of rotatable bonds is 4. The Morgan fingerprint density at radius 1 is 1.24 bits per heavy atom.